The molecule has 1 atom stereocenters. The number of benzene rings is 1. The number of carbonyl (C=O) groups is 1. The Morgan fingerprint density at radius 1 is 1.31 bits per heavy atom. The van der Waals surface area contributed by atoms with Crippen LogP contribution in [0.2, 0.25) is 0 Å². The Morgan fingerprint density at radius 2 is 2.12 bits per heavy atom. The number of rotatable bonds is 7. The molecule has 1 aliphatic heterocycles. The van der Waals surface area contributed by atoms with Crippen molar-refractivity contribution in [1.82, 2.24) is 8.87 Å². The molecule has 0 aliphatic carbocycles. The van der Waals surface area contributed by atoms with Gasteiger partial charge in [-0.1, -0.05) is 23.5 Å². The number of carbonyl (C=O) groups excluding carboxylic acids is 1. The molecule has 2 aromatic heterocycles. The molecule has 1 aromatic carbocycles. The van der Waals surface area contributed by atoms with Crippen molar-refractivity contribution < 1.29 is 17.9 Å². The summed E-state index contributed by atoms with van der Waals surface area (Å²) in [5, 5.41) is 1.73. The highest BCUT2D eigenvalue weighted by molar-refractivity contribution is 7.91. The van der Waals surface area contributed by atoms with Crippen LogP contribution in [0.15, 0.2) is 38.8 Å². The van der Waals surface area contributed by atoms with Gasteiger partial charge in [-0.2, -0.15) is 9.30 Å². The zero-order valence-electron chi connectivity index (χ0n) is 18.4. The second kappa shape index (κ2) is 9.56. The summed E-state index contributed by atoms with van der Waals surface area (Å²) in [5.74, 6) is -0.409. The Kier molecular flexibility index (Phi) is 6.97. The lowest BCUT2D eigenvalue weighted by atomic mass is 10.1. The van der Waals surface area contributed by atoms with Crippen molar-refractivity contribution in [3.05, 3.63) is 45.6 Å². The third-order valence-corrected chi connectivity index (χ3v) is 10.0. The van der Waals surface area contributed by atoms with Gasteiger partial charge in [0.15, 0.2) is 4.80 Å². The van der Waals surface area contributed by atoms with Gasteiger partial charge in [0.05, 0.1) is 16.8 Å². The van der Waals surface area contributed by atoms with Crippen LogP contribution in [0.3, 0.4) is 0 Å². The quantitative estimate of drug-likeness (QED) is 0.470. The molecular weight excluding hydrogens is 466 g/mol. The first-order valence-corrected chi connectivity index (χ1v) is 13.8. The van der Waals surface area contributed by atoms with Crippen LogP contribution in [0.25, 0.3) is 10.2 Å². The third kappa shape index (κ3) is 4.47. The van der Waals surface area contributed by atoms with Crippen LogP contribution in [0.5, 0.6) is 0 Å². The van der Waals surface area contributed by atoms with Gasteiger partial charge in [0.25, 0.3) is 15.9 Å². The van der Waals surface area contributed by atoms with Gasteiger partial charge in [0.1, 0.15) is 10.3 Å². The van der Waals surface area contributed by atoms with Gasteiger partial charge in [0, 0.05) is 19.7 Å². The van der Waals surface area contributed by atoms with Crippen molar-refractivity contribution in [1.29, 1.82) is 0 Å². The Morgan fingerprint density at radius 3 is 2.84 bits per heavy atom. The molecule has 0 radical (unpaired) electrons. The zero-order valence-corrected chi connectivity index (χ0v) is 20.9. The lowest BCUT2D eigenvalue weighted by Crippen LogP contribution is -2.40. The summed E-state index contributed by atoms with van der Waals surface area (Å²) >= 11 is 2.63. The number of nitrogens with zero attached hydrogens (tertiary/aromatic N) is 3. The van der Waals surface area contributed by atoms with Gasteiger partial charge in [-0.15, -0.1) is 11.3 Å². The molecule has 7 nitrogen and oxygen atoms in total. The van der Waals surface area contributed by atoms with Crippen molar-refractivity contribution in [2.75, 3.05) is 19.8 Å². The summed E-state index contributed by atoms with van der Waals surface area (Å²) in [5.41, 5.74) is 3.29. The number of thiophene rings is 1. The summed E-state index contributed by atoms with van der Waals surface area (Å²) in [6.45, 7) is 8.08. The highest BCUT2D eigenvalue weighted by Gasteiger charge is 2.40. The summed E-state index contributed by atoms with van der Waals surface area (Å²) in [4.78, 5) is 18.3. The maximum Gasteiger partial charge on any atom is 0.266 e. The number of amides is 1. The first kappa shape index (κ1) is 23.3. The minimum absolute atomic E-state index is 0.261. The Hall–Kier alpha value is -1.85. The SMILES string of the molecule is CCOCCn1c(=NC(=O)[C@H]2CCCN2S(=O)(=O)c2cccs2)sc2c(C)cc(C)cc21. The molecule has 10 heteroatoms. The van der Waals surface area contributed by atoms with Crippen LogP contribution in [0.4, 0.5) is 0 Å². The number of hydrogen-bond acceptors (Lipinski definition) is 6. The largest absolute Gasteiger partial charge is 0.380 e. The zero-order chi connectivity index (χ0) is 22.9. The molecule has 0 saturated carbocycles. The molecule has 1 fully saturated rings. The van der Waals surface area contributed by atoms with E-state index in [9.17, 15) is 13.2 Å². The number of aromatic nitrogens is 1. The molecular formula is C22H27N3O4S3. The molecule has 3 heterocycles. The van der Waals surface area contributed by atoms with Crippen molar-refractivity contribution in [2.45, 2.75) is 50.4 Å². The minimum atomic E-state index is -3.70. The molecule has 0 N–H and O–H groups in total. The van der Waals surface area contributed by atoms with Crippen molar-refractivity contribution >= 4 is 48.8 Å². The molecule has 3 aromatic rings. The van der Waals surface area contributed by atoms with E-state index >= 15 is 0 Å². The van der Waals surface area contributed by atoms with E-state index < -0.39 is 22.0 Å². The third-order valence-electron chi connectivity index (χ3n) is 5.53. The number of aryl methyl sites for hydroxylation is 2. The lowest BCUT2D eigenvalue weighted by molar-refractivity contribution is -0.121. The van der Waals surface area contributed by atoms with E-state index in [0.29, 0.717) is 43.9 Å². The van der Waals surface area contributed by atoms with Crippen LogP contribution >= 0.6 is 22.7 Å². The van der Waals surface area contributed by atoms with Crippen LogP contribution in [0.1, 0.15) is 30.9 Å². The van der Waals surface area contributed by atoms with Gasteiger partial charge in [-0.3, -0.25) is 4.79 Å². The summed E-state index contributed by atoms with van der Waals surface area (Å²) in [6, 6.07) is 6.73. The monoisotopic (exact) mass is 493 g/mol. The van der Waals surface area contributed by atoms with E-state index in [-0.39, 0.29) is 4.21 Å². The summed E-state index contributed by atoms with van der Waals surface area (Å²) < 4.78 is 36.3. The highest BCUT2D eigenvalue weighted by Crippen LogP contribution is 2.29. The average Bonchev–Trinajstić information content (AvgIpc) is 3.49. The molecule has 0 bridgehead atoms. The molecule has 1 aliphatic rings. The molecule has 172 valence electrons. The normalized spacial score (nSPS) is 18.1. The second-order valence-corrected chi connectivity index (χ2v) is 11.9. The van der Waals surface area contributed by atoms with Gasteiger partial charge in [-0.25, -0.2) is 8.42 Å². The van der Waals surface area contributed by atoms with E-state index in [4.69, 9.17) is 4.74 Å². The summed E-state index contributed by atoms with van der Waals surface area (Å²) in [6.07, 6.45) is 1.13. The first-order chi connectivity index (χ1) is 15.3. The lowest BCUT2D eigenvalue weighted by Gasteiger charge is -2.20. The fraction of sp³-hybridized carbons (Fsp3) is 0.455. The molecule has 0 unspecified atom stereocenters. The molecule has 4 rings (SSSR count). The van der Waals surface area contributed by atoms with E-state index in [1.54, 1.807) is 17.5 Å². The highest BCUT2D eigenvalue weighted by atomic mass is 32.2. The minimum Gasteiger partial charge on any atom is -0.380 e. The Bertz CT molecular complexity index is 1290. The molecule has 1 saturated heterocycles. The maximum absolute atomic E-state index is 13.2. The van der Waals surface area contributed by atoms with Crippen LogP contribution < -0.4 is 4.80 Å². The predicted molar refractivity (Wildman–Crippen MR) is 128 cm³/mol. The van der Waals surface area contributed by atoms with Gasteiger partial charge in [-0.05, 0) is 62.3 Å². The van der Waals surface area contributed by atoms with Crippen molar-refractivity contribution in [3.8, 4) is 0 Å². The standard InChI is InChI=1S/C22H27N3O4S3/c1-4-29-11-10-24-18-14-15(2)13-16(3)20(18)31-22(24)23-21(26)17-7-5-9-25(17)32(27,28)19-8-6-12-30-19/h6,8,12-14,17H,4-5,7,9-11H2,1-3H3/t17-/m1/s1. The van der Waals surface area contributed by atoms with E-state index in [2.05, 4.69) is 24.0 Å². The molecule has 0 spiro atoms. The number of hydrogen-bond donors (Lipinski definition) is 0. The van der Waals surface area contributed by atoms with E-state index in [1.807, 2.05) is 18.4 Å². The number of fused-ring (bicyclic) bond motifs is 1. The number of thiazole rings is 1. The molecule has 32 heavy (non-hydrogen) atoms. The number of ether oxygens (including phenoxy) is 1. The Labute approximate surface area is 196 Å². The molecule has 1 amide bonds. The Balaban J connectivity index is 1.74. The van der Waals surface area contributed by atoms with Gasteiger partial charge < -0.3 is 9.30 Å². The van der Waals surface area contributed by atoms with Gasteiger partial charge >= 0.3 is 0 Å². The van der Waals surface area contributed by atoms with E-state index in [0.717, 1.165) is 21.3 Å². The summed E-state index contributed by atoms with van der Waals surface area (Å²) in [7, 11) is -3.70. The maximum atomic E-state index is 13.2. The second-order valence-electron chi connectivity index (χ2n) is 7.82. The fourth-order valence-electron chi connectivity index (χ4n) is 4.08. The van der Waals surface area contributed by atoms with E-state index in [1.165, 1.54) is 27.0 Å². The van der Waals surface area contributed by atoms with Crippen LogP contribution in [0, 0.1) is 13.8 Å². The smallest absolute Gasteiger partial charge is 0.266 e. The number of sulfonamides is 1. The van der Waals surface area contributed by atoms with Crippen LogP contribution in [-0.2, 0) is 26.1 Å². The van der Waals surface area contributed by atoms with Crippen molar-refractivity contribution in [3.63, 3.8) is 0 Å². The van der Waals surface area contributed by atoms with Crippen molar-refractivity contribution in [2.24, 2.45) is 4.99 Å². The average molecular weight is 494 g/mol. The predicted octanol–water partition coefficient (Wildman–Crippen LogP) is 3.70. The van der Waals surface area contributed by atoms with Gasteiger partial charge in [0.2, 0.25) is 0 Å². The fourth-order valence-corrected chi connectivity index (χ4v) is 7.97. The van der Waals surface area contributed by atoms with Crippen LogP contribution in [-0.4, -0.2) is 49.0 Å². The topological polar surface area (TPSA) is 81.0 Å². The first-order valence-electron chi connectivity index (χ1n) is 10.6.